The van der Waals surface area contributed by atoms with Crippen LogP contribution in [0.4, 0.5) is 5.95 Å². The number of rotatable bonds is 7. The summed E-state index contributed by atoms with van der Waals surface area (Å²) in [5, 5.41) is 2.89. The van der Waals surface area contributed by atoms with Gasteiger partial charge in [0.05, 0.1) is 13.7 Å². The number of anilines is 1. The second kappa shape index (κ2) is 8.64. The van der Waals surface area contributed by atoms with Crippen molar-refractivity contribution in [2.75, 3.05) is 26.1 Å². The van der Waals surface area contributed by atoms with E-state index in [0.717, 1.165) is 6.42 Å². The number of carbonyl (C=O) groups excluding carboxylic acids is 1. The Morgan fingerprint density at radius 1 is 1.22 bits per heavy atom. The van der Waals surface area contributed by atoms with Crippen LogP contribution in [-0.2, 0) is 11.3 Å². The van der Waals surface area contributed by atoms with E-state index < -0.39 is 0 Å². The Morgan fingerprint density at radius 2 is 1.96 bits per heavy atom. The van der Waals surface area contributed by atoms with E-state index in [9.17, 15) is 4.79 Å². The van der Waals surface area contributed by atoms with Gasteiger partial charge in [0.1, 0.15) is 0 Å². The molecule has 0 spiro atoms. The van der Waals surface area contributed by atoms with Crippen LogP contribution in [0.15, 0.2) is 0 Å². The first-order valence-electron chi connectivity index (χ1n) is 8.31. The zero-order chi connectivity index (χ0) is 16.7. The van der Waals surface area contributed by atoms with Gasteiger partial charge in [-0.2, -0.15) is 15.0 Å². The molecule has 0 aliphatic heterocycles. The summed E-state index contributed by atoms with van der Waals surface area (Å²) < 4.78 is 5.08. The SMILES string of the molecule is COc1nc(CNC(=O)CCC2CCCCC2)nc(N(C)C)n1. The molecular formula is C16H27N5O2. The van der Waals surface area contributed by atoms with Crippen LogP contribution in [0.1, 0.15) is 50.8 Å². The minimum Gasteiger partial charge on any atom is -0.467 e. The molecule has 0 bridgehead atoms. The first kappa shape index (κ1) is 17.4. The van der Waals surface area contributed by atoms with E-state index in [1.807, 2.05) is 14.1 Å². The highest BCUT2D eigenvalue weighted by Gasteiger charge is 2.15. The number of nitrogens with zero attached hydrogens (tertiary/aromatic N) is 4. The number of nitrogens with one attached hydrogen (secondary N) is 1. The Labute approximate surface area is 137 Å². The fraction of sp³-hybridized carbons (Fsp3) is 0.750. The van der Waals surface area contributed by atoms with E-state index in [4.69, 9.17) is 4.74 Å². The molecule has 23 heavy (non-hydrogen) atoms. The van der Waals surface area contributed by atoms with E-state index in [1.54, 1.807) is 4.90 Å². The molecule has 0 unspecified atom stereocenters. The zero-order valence-electron chi connectivity index (χ0n) is 14.3. The molecule has 2 rings (SSSR count). The summed E-state index contributed by atoms with van der Waals surface area (Å²) >= 11 is 0. The van der Waals surface area contributed by atoms with Gasteiger partial charge in [0.15, 0.2) is 5.82 Å². The largest absolute Gasteiger partial charge is 0.467 e. The molecule has 0 atom stereocenters. The normalized spacial score (nSPS) is 15.3. The maximum absolute atomic E-state index is 12.0. The Kier molecular flexibility index (Phi) is 6.55. The fourth-order valence-corrected chi connectivity index (χ4v) is 2.83. The highest BCUT2D eigenvalue weighted by molar-refractivity contribution is 5.75. The van der Waals surface area contributed by atoms with Crippen molar-refractivity contribution in [3.05, 3.63) is 5.82 Å². The van der Waals surface area contributed by atoms with Crippen LogP contribution in [0, 0.1) is 5.92 Å². The van der Waals surface area contributed by atoms with Gasteiger partial charge < -0.3 is 15.0 Å². The highest BCUT2D eigenvalue weighted by Crippen LogP contribution is 2.27. The number of amides is 1. The van der Waals surface area contributed by atoms with Gasteiger partial charge in [-0.15, -0.1) is 0 Å². The Hall–Kier alpha value is -1.92. The van der Waals surface area contributed by atoms with Crippen molar-refractivity contribution in [2.45, 2.75) is 51.5 Å². The van der Waals surface area contributed by atoms with E-state index in [2.05, 4.69) is 20.3 Å². The number of methoxy groups -OCH3 is 1. The van der Waals surface area contributed by atoms with Gasteiger partial charge >= 0.3 is 6.01 Å². The van der Waals surface area contributed by atoms with Crippen molar-refractivity contribution in [2.24, 2.45) is 5.92 Å². The van der Waals surface area contributed by atoms with Crippen LogP contribution in [-0.4, -0.2) is 42.1 Å². The molecule has 1 aromatic rings. The fourth-order valence-electron chi connectivity index (χ4n) is 2.83. The van der Waals surface area contributed by atoms with Gasteiger partial charge in [0.2, 0.25) is 11.9 Å². The summed E-state index contributed by atoms with van der Waals surface area (Å²) in [6.07, 6.45) is 8.06. The van der Waals surface area contributed by atoms with E-state index in [0.29, 0.717) is 30.7 Å². The molecule has 7 heteroatoms. The summed E-state index contributed by atoms with van der Waals surface area (Å²) in [6, 6.07) is 0.259. The average molecular weight is 321 g/mol. The number of aromatic nitrogens is 3. The first-order chi connectivity index (χ1) is 11.1. The molecule has 1 heterocycles. The maximum Gasteiger partial charge on any atom is 0.321 e. The average Bonchev–Trinajstić information content (AvgIpc) is 2.58. The van der Waals surface area contributed by atoms with Crippen LogP contribution in [0.2, 0.25) is 0 Å². The molecule has 128 valence electrons. The second-order valence-corrected chi connectivity index (χ2v) is 6.25. The molecule has 1 aliphatic rings. The Morgan fingerprint density at radius 3 is 2.61 bits per heavy atom. The first-order valence-corrected chi connectivity index (χ1v) is 8.31. The molecular weight excluding hydrogens is 294 g/mol. The predicted octanol–water partition coefficient (Wildman–Crippen LogP) is 1.92. The Bertz CT molecular complexity index is 515. The van der Waals surface area contributed by atoms with Crippen LogP contribution < -0.4 is 15.0 Å². The quantitative estimate of drug-likeness (QED) is 0.826. The minimum absolute atomic E-state index is 0.0568. The van der Waals surface area contributed by atoms with E-state index in [1.165, 1.54) is 39.2 Å². The minimum atomic E-state index is 0.0568. The van der Waals surface area contributed by atoms with Gasteiger partial charge in [0.25, 0.3) is 0 Å². The van der Waals surface area contributed by atoms with Crippen molar-refractivity contribution < 1.29 is 9.53 Å². The van der Waals surface area contributed by atoms with Crippen molar-refractivity contribution >= 4 is 11.9 Å². The van der Waals surface area contributed by atoms with Crippen LogP contribution in [0.25, 0.3) is 0 Å². The number of hydrogen-bond donors (Lipinski definition) is 1. The summed E-state index contributed by atoms with van der Waals surface area (Å²) in [6.45, 7) is 0.295. The topological polar surface area (TPSA) is 80.2 Å². The molecule has 1 fully saturated rings. The predicted molar refractivity (Wildman–Crippen MR) is 88.4 cm³/mol. The van der Waals surface area contributed by atoms with Crippen LogP contribution in [0.5, 0.6) is 6.01 Å². The number of ether oxygens (including phenoxy) is 1. The molecule has 1 aromatic heterocycles. The lowest BCUT2D eigenvalue weighted by atomic mass is 9.86. The summed E-state index contributed by atoms with van der Waals surface area (Å²) in [7, 11) is 5.21. The molecule has 7 nitrogen and oxygen atoms in total. The van der Waals surface area contributed by atoms with Gasteiger partial charge in [-0.05, 0) is 12.3 Å². The third kappa shape index (κ3) is 5.65. The second-order valence-electron chi connectivity index (χ2n) is 6.25. The summed E-state index contributed by atoms with van der Waals surface area (Å²) in [4.78, 5) is 26.4. The molecule has 0 radical (unpaired) electrons. The molecule has 0 saturated heterocycles. The molecule has 1 saturated carbocycles. The zero-order valence-corrected chi connectivity index (χ0v) is 14.3. The molecule has 1 amide bonds. The van der Waals surface area contributed by atoms with Crippen molar-refractivity contribution in [1.29, 1.82) is 0 Å². The van der Waals surface area contributed by atoms with Crippen molar-refractivity contribution in [3.8, 4) is 6.01 Å². The smallest absolute Gasteiger partial charge is 0.321 e. The van der Waals surface area contributed by atoms with Gasteiger partial charge in [0, 0.05) is 20.5 Å². The Balaban J connectivity index is 1.82. The third-order valence-electron chi connectivity index (χ3n) is 4.18. The highest BCUT2D eigenvalue weighted by atomic mass is 16.5. The van der Waals surface area contributed by atoms with Crippen LogP contribution in [0.3, 0.4) is 0 Å². The van der Waals surface area contributed by atoms with Crippen molar-refractivity contribution in [3.63, 3.8) is 0 Å². The summed E-state index contributed by atoms with van der Waals surface area (Å²) in [5.74, 6) is 1.79. The standard InChI is InChI=1S/C16H27N5O2/c1-21(2)15-18-13(19-16(20-15)23-3)11-17-14(22)10-9-12-7-5-4-6-8-12/h12H,4-11H2,1-3H3,(H,17,22). The molecule has 1 aliphatic carbocycles. The van der Waals surface area contributed by atoms with Gasteiger partial charge in [-0.1, -0.05) is 32.1 Å². The van der Waals surface area contributed by atoms with Crippen LogP contribution >= 0.6 is 0 Å². The molecule has 0 aromatic carbocycles. The maximum atomic E-state index is 12.0. The monoisotopic (exact) mass is 321 g/mol. The lowest BCUT2D eigenvalue weighted by molar-refractivity contribution is -0.121. The van der Waals surface area contributed by atoms with E-state index >= 15 is 0 Å². The van der Waals surface area contributed by atoms with E-state index in [-0.39, 0.29) is 11.9 Å². The number of hydrogen-bond acceptors (Lipinski definition) is 6. The number of carbonyl (C=O) groups is 1. The lowest BCUT2D eigenvalue weighted by Crippen LogP contribution is -2.25. The third-order valence-corrected chi connectivity index (χ3v) is 4.18. The van der Waals surface area contributed by atoms with Gasteiger partial charge in [-0.25, -0.2) is 0 Å². The van der Waals surface area contributed by atoms with Crippen molar-refractivity contribution in [1.82, 2.24) is 20.3 Å². The molecule has 1 N–H and O–H groups in total. The lowest BCUT2D eigenvalue weighted by Gasteiger charge is -2.20. The van der Waals surface area contributed by atoms with Gasteiger partial charge in [-0.3, -0.25) is 4.79 Å². The summed E-state index contributed by atoms with van der Waals surface area (Å²) in [5.41, 5.74) is 0.